The molecule has 0 aliphatic carbocycles. The Kier molecular flexibility index (Phi) is 5.12. The molecule has 0 saturated carbocycles. The summed E-state index contributed by atoms with van der Waals surface area (Å²) in [6.07, 6.45) is 4.86. The number of anilines is 2. The fourth-order valence-electron chi connectivity index (χ4n) is 2.02. The van der Waals surface area contributed by atoms with Crippen LogP contribution in [0.3, 0.4) is 0 Å². The highest BCUT2D eigenvalue weighted by molar-refractivity contribution is 7.71. The molecule has 0 aliphatic heterocycles. The highest BCUT2D eigenvalue weighted by Gasteiger charge is 2.22. The quantitative estimate of drug-likeness (QED) is 0.551. The summed E-state index contributed by atoms with van der Waals surface area (Å²) < 4.78 is 0.477. The molecule has 1 aromatic rings. The topological polar surface area (TPSA) is 23.6 Å². The lowest BCUT2D eigenvalue weighted by Gasteiger charge is -2.27. The highest BCUT2D eigenvalue weighted by Crippen LogP contribution is 2.28. The number of hydrogen-bond donors (Lipinski definition) is 0. The molecule has 0 heterocycles. The highest BCUT2D eigenvalue weighted by atomic mass is 32.1. The Labute approximate surface area is 109 Å². The van der Waals surface area contributed by atoms with Gasteiger partial charge in [-0.1, -0.05) is 38.4 Å². The fraction of sp³-hybridized carbons (Fsp3) is 0.692. The van der Waals surface area contributed by atoms with Crippen molar-refractivity contribution < 1.29 is 0 Å². The molecule has 0 radical (unpaired) electrons. The predicted molar refractivity (Wildman–Crippen MR) is 77.7 cm³/mol. The van der Waals surface area contributed by atoms with E-state index in [2.05, 4.69) is 6.92 Å². The van der Waals surface area contributed by atoms with Crippen molar-refractivity contribution in [1.82, 2.24) is 0 Å². The van der Waals surface area contributed by atoms with Gasteiger partial charge in [-0.25, -0.2) is 0 Å². The van der Waals surface area contributed by atoms with Gasteiger partial charge in [-0.15, -0.1) is 0 Å². The first-order chi connectivity index (χ1) is 8.00. The van der Waals surface area contributed by atoms with Crippen molar-refractivity contribution in [2.45, 2.75) is 32.6 Å². The summed E-state index contributed by atoms with van der Waals surface area (Å²) in [7, 11) is 5.84. The molecule has 1 rings (SSSR count). The second kappa shape index (κ2) is 6.15. The molecule has 0 amide bonds. The normalized spacial score (nSPS) is 10.8. The molecule has 0 bridgehead atoms. The number of nitrogens with zero attached hydrogens (tertiary/aromatic N) is 2. The summed E-state index contributed by atoms with van der Waals surface area (Å²) in [5.41, 5.74) is 1.74. The van der Waals surface area contributed by atoms with E-state index in [0.717, 1.165) is 24.3 Å². The Morgan fingerprint density at radius 1 is 1.06 bits per heavy atom. The van der Waals surface area contributed by atoms with E-state index in [1.807, 2.05) is 30.9 Å². The van der Waals surface area contributed by atoms with Crippen molar-refractivity contribution >= 4 is 23.6 Å². The average molecular weight is 254 g/mol. The summed E-state index contributed by atoms with van der Waals surface area (Å²) >= 11 is 5.08. The Morgan fingerprint density at radius 2 is 1.71 bits per heavy atom. The van der Waals surface area contributed by atoms with Crippen LogP contribution in [0.4, 0.5) is 11.4 Å². The van der Waals surface area contributed by atoms with E-state index in [-0.39, 0.29) is 5.43 Å². The Morgan fingerprint density at radius 3 is 2.24 bits per heavy atom. The van der Waals surface area contributed by atoms with Crippen molar-refractivity contribution in [3.63, 3.8) is 0 Å². The average Bonchev–Trinajstić information content (AvgIpc) is 2.29. The van der Waals surface area contributed by atoms with E-state index in [1.165, 1.54) is 19.3 Å². The smallest absolute Gasteiger partial charge is 0.224 e. The fourth-order valence-corrected chi connectivity index (χ4v) is 2.40. The number of hydrogen-bond acceptors (Lipinski definition) is 4. The van der Waals surface area contributed by atoms with Gasteiger partial charge in [0.1, 0.15) is 10.2 Å². The number of unbranched alkanes of at least 4 members (excludes halogenated alkanes) is 3. The summed E-state index contributed by atoms with van der Waals surface area (Å²) in [5, 5.41) is 0. The van der Waals surface area contributed by atoms with E-state index >= 15 is 0 Å². The Bertz CT molecular complexity index is 433. The molecule has 0 N–H and O–H groups in total. The Balaban J connectivity index is 2.64. The molecule has 0 atom stereocenters. The molecule has 0 aromatic heterocycles. The minimum absolute atomic E-state index is 0.0293. The standard InChI is InChI=1S/C13H22N2OS/c1-5-6-7-8-9-15(4)10-11(14(2)3)13(17)12(10)16/h5-9H2,1-4H3. The van der Waals surface area contributed by atoms with Crippen LogP contribution >= 0.6 is 12.2 Å². The third kappa shape index (κ3) is 3.06. The predicted octanol–water partition coefficient (Wildman–Crippen LogP) is 2.73. The monoisotopic (exact) mass is 254 g/mol. The van der Waals surface area contributed by atoms with Gasteiger partial charge in [0, 0.05) is 27.7 Å². The Hall–Kier alpha value is -0.900. The van der Waals surface area contributed by atoms with Crippen molar-refractivity contribution in [2.24, 2.45) is 0 Å². The second-order valence-electron chi connectivity index (χ2n) is 4.73. The molecule has 0 saturated heterocycles. The summed E-state index contributed by atoms with van der Waals surface area (Å²) in [6, 6.07) is 0. The van der Waals surface area contributed by atoms with Crippen LogP contribution < -0.4 is 15.2 Å². The summed E-state index contributed by atoms with van der Waals surface area (Å²) in [5.74, 6) is 0. The van der Waals surface area contributed by atoms with Crippen LogP contribution in [0.25, 0.3) is 0 Å². The first kappa shape index (κ1) is 14.2. The SMILES string of the molecule is CCCCCCN(C)c1c(N(C)C)c(=S)c1=O. The lowest BCUT2D eigenvalue weighted by atomic mass is 10.1. The van der Waals surface area contributed by atoms with Crippen LogP contribution in [0.1, 0.15) is 32.6 Å². The van der Waals surface area contributed by atoms with E-state index in [0.29, 0.717) is 4.51 Å². The molecule has 0 spiro atoms. The van der Waals surface area contributed by atoms with Gasteiger partial charge in [0.25, 0.3) is 0 Å². The van der Waals surface area contributed by atoms with Crippen molar-refractivity contribution in [3.05, 3.63) is 14.7 Å². The third-order valence-corrected chi connectivity index (χ3v) is 3.42. The minimum atomic E-state index is 0.0293. The van der Waals surface area contributed by atoms with Crippen LogP contribution in [-0.2, 0) is 0 Å². The molecule has 4 heteroatoms. The van der Waals surface area contributed by atoms with Crippen molar-refractivity contribution in [3.8, 4) is 0 Å². The van der Waals surface area contributed by atoms with E-state index in [1.54, 1.807) is 0 Å². The molecule has 1 aromatic carbocycles. The van der Waals surface area contributed by atoms with Gasteiger partial charge < -0.3 is 9.80 Å². The van der Waals surface area contributed by atoms with E-state index < -0.39 is 0 Å². The van der Waals surface area contributed by atoms with Crippen LogP contribution in [-0.4, -0.2) is 27.7 Å². The second-order valence-corrected chi connectivity index (χ2v) is 5.14. The van der Waals surface area contributed by atoms with Crippen LogP contribution in [0.2, 0.25) is 0 Å². The molecule has 0 unspecified atom stereocenters. The van der Waals surface area contributed by atoms with Crippen molar-refractivity contribution in [2.75, 3.05) is 37.5 Å². The molecule has 96 valence electrons. The maximum absolute atomic E-state index is 11.7. The molecule has 3 nitrogen and oxygen atoms in total. The van der Waals surface area contributed by atoms with Crippen LogP contribution in [0, 0.1) is 4.51 Å². The largest absolute Gasteiger partial charge is 0.375 e. The summed E-state index contributed by atoms with van der Waals surface area (Å²) in [6.45, 7) is 3.13. The first-order valence-electron chi connectivity index (χ1n) is 6.22. The van der Waals surface area contributed by atoms with Gasteiger partial charge in [-0.05, 0) is 6.42 Å². The molecular weight excluding hydrogens is 232 g/mol. The first-order valence-corrected chi connectivity index (χ1v) is 6.63. The van der Waals surface area contributed by atoms with Gasteiger partial charge in [-0.3, -0.25) is 4.79 Å². The molecular formula is C13H22N2OS. The maximum atomic E-state index is 11.7. The molecule has 0 aliphatic rings. The maximum Gasteiger partial charge on any atom is 0.224 e. The van der Waals surface area contributed by atoms with Crippen molar-refractivity contribution in [1.29, 1.82) is 0 Å². The lowest BCUT2D eigenvalue weighted by molar-refractivity contribution is 0.660. The van der Waals surface area contributed by atoms with Gasteiger partial charge >= 0.3 is 0 Å². The van der Waals surface area contributed by atoms with Gasteiger partial charge in [0.2, 0.25) is 5.43 Å². The summed E-state index contributed by atoms with van der Waals surface area (Å²) in [4.78, 5) is 15.7. The van der Waals surface area contributed by atoms with Gasteiger partial charge in [0.05, 0.1) is 5.69 Å². The lowest BCUT2D eigenvalue weighted by Crippen LogP contribution is -2.32. The zero-order chi connectivity index (χ0) is 13.0. The zero-order valence-electron chi connectivity index (χ0n) is 11.2. The van der Waals surface area contributed by atoms with Gasteiger partial charge in [-0.2, -0.15) is 0 Å². The van der Waals surface area contributed by atoms with Crippen LogP contribution in [0.5, 0.6) is 0 Å². The zero-order valence-corrected chi connectivity index (χ0v) is 12.1. The van der Waals surface area contributed by atoms with Crippen LogP contribution in [0.15, 0.2) is 4.79 Å². The molecule has 17 heavy (non-hydrogen) atoms. The van der Waals surface area contributed by atoms with E-state index in [4.69, 9.17) is 12.2 Å². The number of rotatable bonds is 7. The molecule has 0 fully saturated rings. The van der Waals surface area contributed by atoms with E-state index in [9.17, 15) is 4.79 Å². The minimum Gasteiger partial charge on any atom is -0.375 e. The third-order valence-electron chi connectivity index (χ3n) is 3.04. The van der Waals surface area contributed by atoms with Gasteiger partial charge in [0.15, 0.2) is 0 Å².